The summed E-state index contributed by atoms with van der Waals surface area (Å²) in [6.07, 6.45) is 8.83. The van der Waals surface area contributed by atoms with Crippen molar-refractivity contribution in [1.29, 1.82) is 0 Å². The zero-order chi connectivity index (χ0) is 31.1. The second-order valence-electron chi connectivity index (χ2n) is 12.3. The first-order chi connectivity index (χ1) is 21.3. The van der Waals surface area contributed by atoms with Gasteiger partial charge >= 0.3 is 0 Å². The summed E-state index contributed by atoms with van der Waals surface area (Å²) in [5.74, 6) is 3.67. The SMILES string of the molecule is C=C(NCCC1CCN(Cc2ccc(CN3C(=C)Nc4c(N)nc(CCCCC)nc43)cc2)CC1)c1ccc(N)c(CC)c1. The van der Waals surface area contributed by atoms with Crippen molar-refractivity contribution in [2.24, 2.45) is 5.92 Å². The minimum atomic E-state index is 0.495. The van der Waals surface area contributed by atoms with E-state index >= 15 is 0 Å². The number of unbranched alkanes of at least 4 members (excludes halogenated alkanes) is 2. The fourth-order valence-electron chi connectivity index (χ4n) is 6.24. The van der Waals surface area contributed by atoms with Crippen LogP contribution < -0.4 is 27.0 Å². The van der Waals surface area contributed by atoms with Crippen LogP contribution in [0.25, 0.3) is 5.70 Å². The van der Waals surface area contributed by atoms with E-state index in [0.29, 0.717) is 12.4 Å². The van der Waals surface area contributed by atoms with Crippen LogP contribution in [0.4, 0.5) is 23.0 Å². The molecule has 0 amide bonds. The number of aryl methyl sites for hydroxylation is 2. The van der Waals surface area contributed by atoms with Crippen LogP contribution in [0.1, 0.15) is 80.5 Å². The number of nitrogens with zero attached hydrogens (tertiary/aromatic N) is 4. The molecule has 0 unspecified atom stereocenters. The van der Waals surface area contributed by atoms with Gasteiger partial charge in [0.05, 0.1) is 6.54 Å². The average Bonchev–Trinajstić information content (AvgIpc) is 3.34. The molecule has 8 nitrogen and oxygen atoms in total. The maximum atomic E-state index is 6.29. The number of aromatic nitrogens is 2. The molecule has 1 aromatic heterocycles. The van der Waals surface area contributed by atoms with Gasteiger partial charge in [0.25, 0.3) is 0 Å². The van der Waals surface area contributed by atoms with Crippen molar-refractivity contribution in [3.8, 4) is 0 Å². The summed E-state index contributed by atoms with van der Waals surface area (Å²) in [5, 5.41) is 6.84. The molecule has 2 aliphatic rings. The van der Waals surface area contributed by atoms with Crippen LogP contribution in [0.5, 0.6) is 0 Å². The van der Waals surface area contributed by atoms with E-state index in [2.05, 4.69) is 88.8 Å². The van der Waals surface area contributed by atoms with Gasteiger partial charge in [-0.3, -0.25) is 4.90 Å². The largest absolute Gasteiger partial charge is 0.399 e. The van der Waals surface area contributed by atoms with Gasteiger partial charge in [-0.05, 0) is 85.5 Å². The van der Waals surface area contributed by atoms with E-state index in [1.54, 1.807) is 0 Å². The second-order valence-corrected chi connectivity index (χ2v) is 12.3. The minimum Gasteiger partial charge on any atom is -0.399 e. The maximum absolute atomic E-state index is 6.29. The molecule has 0 aliphatic carbocycles. The molecular formula is C36H50N8. The summed E-state index contributed by atoms with van der Waals surface area (Å²) in [6.45, 7) is 17.7. The molecule has 0 spiro atoms. The number of nitrogens with two attached hydrogens (primary N) is 2. The average molecular weight is 595 g/mol. The molecule has 8 heteroatoms. The predicted octanol–water partition coefficient (Wildman–Crippen LogP) is 6.70. The summed E-state index contributed by atoms with van der Waals surface area (Å²) in [5.41, 5.74) is 19.8. The van der Waals surface area contributed by atoms with Crippen LogP contribution in [-0.2, 0) is 25.9 Å². The lowest BCUT2D eigenvalue weighted by molar-refractivity contribution is 0.172. The summed E-state index contributed by atoms with van der Waals surface area (Å²) in [6, 6.07) is 15.2. The number of anilines is 4. The van der Waals surface area contributed by atoms with Crippen molar-refractivity contribution in [1.82, 2.24) is 20.2 Å². The van der Waals surface area contributed by atoms with Gasteiger partial charge in [-0.1, -0.05) is 70.2 Å². The van der Waals surface area contributed by atoms with E-state index in [4.69, 9.17) is 16.5 Å². The van der Waals surface area contributed by atoms with Gasteiger partial charge < -0.3 is 27.0 Å². The molecule has 0 bridgehead atoms. The number of benzene rings is 2. The van der Waals surface area contributed by atoms with Crippen molar-refractivity contribution in [2.75, 3.05) is 41.3 Å². The highest BCUT2D eigenvalue weighted by Gasteiger charge is 2.28. The lowest BCUT2D eigenvalue weighted by atomic mass is 9.93. The van der Waals surface area contributed by atoms with Crippen LogP contribution in [0, 0.1) is 5.92 Å². The number of nitrogens with one attached hydrogen (secondary N) is 2. The number of nitrogen functional groups attached to an aromatic ring is 2. The third-order valence-corrected chi connectivity index (χ3v) is 9.06. The van der Waals surface area contributed by atoms with Crippen molar-refractivity contribution >= 4 is 28.7 Å². The number of likely N-dealkylation sites (tertiary alicyclic amines) is 1. The van der Waals surface area contributed by atoms with Gasteiger partial charge in [0.2, 0.25) is 0 Å². The van der Waals surface area contributed by atoms with Crippen LogP contribution in [0.15, 0.2) is 61.4 Å². The Morgan fingerprint density at radius 3 is 2.43 bits per heavy atom. The van der Waals surface area contributed by atoms with Gasteiger partial charge in [-0.2, -0.15) is 0 Å². The summed E-state index contributed by atoms with van der Waals surface area (Å²) >= 11 is 0. The third kappa shape index (κ3) is 7.72. The molecular weight excluding hydrogens is 544 g/mol. The smallest absolute Gasteiger partial charge is 0.164 e. The molecule has 1 fully saturated rings. The zero-order valence-electron chi connectivity index (χ0n) is 26.7. The van der Waals surface area contributed by atoms with Crippen molar-refractivity contribution in [3.63, 3.8) is 0 Å². The summed E-state index contributed by atoms with van der Waals surface area (Å²) in [4.78, 5) is 14.1. The van der Waals surface area contributed by atoms with Crippen molar-refractivity contribution in [2.45, 2.75) is 78.3 Å². The predicted molar refractivity (Wildman–Crippen MR) is 185 cm³/mol. The molecule has 2 aliphatic heterocycles. The van der Waals surface area contributed by atoms with E-state index < -0.39 is 0 Å². The highest BCUT2D eigenvalue weighted by Crippen LogP contribution is 2.38. The Labute approximate surface area is 263 Å². The van der Waals surface area contributed by atoms with Gasteiger partial charge in [0.15, 0.2) is 11.6 Å². The topological polar surface area (TPSA) is 108 Å². The zero-order valence-corrected chi connectivity index (χ0v) is 26.7. The number of hydrogen-bond acceptors (Lipinski definition) is 8. The Kier molecular flexibility index (Phi) is 10.4. The lowest BCUT2D eigenvalue weighted by Crippen LogP contribution is -2.34. The summed E-state index contributed by atoms with van der Waals surface area (Å²) < 4.78 is 0. The fraction of sp³-hybridized carbons (Fsp3) is 0.444. The van der Waals surface area contributed by atoms with Gasteiger partial charge in [-0.15, -0.1) is 0 Å². The molecule has 0 radical (unpaired) electrons. The molecule has 3 heterocycles. The highest BCUT2D eigenvalue weighted by atomic mass is 15.4. The van der Waals surface area contributed by atoms with E-state index in [0.717, 1.165) is 91.5 Å². The molecule has 0 saturated carbocycles. The third-order valence-electron chi connectivity index (χ3n) is 9.06. The van der Waals surface area contributed by atoms with Crippen LogP contribution >= 0.6 is 0 Å². The Bertz CT molecular complexity index is 1440. The Hall–Kier alpha value is -4.04. The Balaban J connectivity index is 1.07. The number of piperidine rings is 1. The first-order valence-corrected chi connectivity index (χ1v) is 16.4. The van der Waals surface area contributed by atoms with Crippen LogP contribution in [0.2, 0.25) is 0 Å². The standard InChI is InChI=1S/C36H50N8/c1-5-7-8-9-33-41-35(38)34-36(42-33)44(26(4)40-34)24-29-12-10-28(11-13-29)23-43-20-17-27(18-21-43)16-19-39-25(3)31-14-15-32(37)30(6-2)22-31/h10-15,22,27,39-40H,3-9,16-21,23-24,37H2,1-2H3,(H2,38,41,42). The summed E-state index contributed by atoms with van der Waals surface area (Å²) in [7, 11) is 0. The maximum Gasteiger partial charge on any atom is 0.164 e. The number of rotatable bonds is 14. The van der Waals surface area contributed by atoms with Gasteiger partial charge in [-0.25, -0.2) is 9.97 Å². The first-order valence-electron chi connectivity index (χ1n) is 16.4. The molecule has 44 heavy (non-hydrogen) atoms. The van der Waals surface area contributed by atoms with E-state index in [9.17, 15) is 0 Å². The monoisotopic (exact) mass is 594 g/mol. The van der Waals surface area contributed by atoms with Crippen molar-refractivity contribution in [3.05, 3.63) is 89.5 Å². The second kappa shape index (κ2) is 14.6. The van der Waals surface area contributed by atoms with E-state index in [1.165, 1.54) is 48.8 Å². The Morgan fingerprint density at radius 2 is 1.73 bits per heavy atom. The Morgan fingerprint density at radius 1 is 1.00 bits per heavy atom. The van der Waals surface area contributed by atoms with Crippen LogP contribution in [-0.4, -0.2) is 34.5 Å². The molecule has 2 aromatic carbocycles. The van der Waals surface area contributed by atoms with E-state index in [1.807, 2.05) is 6.07 Å². The van der Waals surface area contributed by atoms with E-state index in [-0.39, 0.29) is 0 Å². The highest BCUT2D eigenvalue weighted by molar-refractivity contribution is 5.84. The molecule has 234 valence electrons. The molecule has 5 rings (SSSR count). The van der Waals surface area contributed by atoms with Gasteiger partial charge in [0.1, 0.15) is 17.3 Å². The molecule has 0 atom stereocenters. The first kappa shape index (κ1) is 31.4. The molecule has 1 saturated heterocycles. The fourth-order valence-corrected chi connectivity index (χ4v) is 6.24. The van der Waals surface area contributed by atoms with Gasteiger partial charge in [0, 0.05) is 30.9 Å². The number of hydrogen-bond donors (Lipinski definition) is 4. The minimum absolute atomic E-state index is 0.495. The quantitative estimate of drug-likeness (QED) is 0.121. The lowest BCUT2D eigenvalue weighted by Gasteiger charge is -2.32. The molecule has 3 aromatic rings. The van der Waals surface area contributed by atoms with Crippen molar-refractivity contribution < 1.29 is 0 Å². The number of fused-ring (bicyclic) bond motifs is 1. The van der Waals surface area contributed by atoms with Crippen LogP contribution in [0.3, 0.4) is 0 Å². The molecule has 6 N–H and O–H groups in total. The normalized spacial score (nSPS) is 15.3.